The zero-order chi connectivity index (χ0) is 14.8. The van der Waals surface area contributed by atoms with Crippen LogP contribution in [0.5, 0.6) is 0 Å². The molecule has 2 rings (SSSR count). The highest BCUT2D eigenvalue weighted by atomic mass is 16.5. The first-order chi connectivity index (χ1) is 9.46. The molecular weight excluding hydrogens is 248 g/mol. The van der Waals surface area contributed by atoms with E-state index in [-0.39, 0.29) is 5.54 Å². The summed E-state index contributed by atoms with van der Waals surface area (Å²) >= 11 is 0. The molecule has 1 aromatic carbocycles. The Bertz CT molecular complexity index is 450. The standard InChI is InChI=1S/C17H28N2O/c1-13-6-7-14(2)15(12-13)16(18-5)17(3,4)19-8-10-20-11-9-19/h6-7,12,16,18H,8-11H2,1-5H3. The van der Waals surface area contributed by atoms with Crippen LogP contribution in [0.25, 0.3) is 0 Å². The predicted octanol–water partition coefficient (Wildman–Crippen LogP) is 2.67. The monoisotopic (exact) mass is 276 g/mol. The minimum absolute atomic E-state index is 0.0666. The minimum Gasteiger partial charge on any atom is -0.379 e. The highest BCUT2D eigenvalue weighted by molar-refractivity contribution is 5.35. The molecule has 3 nitrogen and oxygen atoms in total. The highest BCUT2D eigenvalue weighted by Gasteiger charge is 2.36. The lowest BCUT2D eigenvalue weighted by atomic mass is 9.84. The largest absolute Gasteiger partial charge is 0.379 e. The first-order valence-corrected chi connectivity index (χ1v) is 7.54. The molecule has 1 unspecified atom stereocenters. The number of nitrogens with one attached hydrogen (secondary N) is 1. The molecule has 112 valence electrons. The van der Waals surface area contributed by atoms with Crippen LogP contribution in [0.1, 0.15) is 36.6 Å². The van der Waals surface area contributed by atoms with Crippen LogP contribution < -0.4 is 5.32 Å². The molecule has 1 N–H and O–H groups in total. The molecule has 1 aliphatic rings. The molecule has 3 heteroatoms. The van der Waals surface area contributed by atoms with Gasteiger partial charge in [-0.05, 0) is 45.9 Å². The molecule has 0 radical (unpaired) electrons. The van der Waals surface area contributed by atoms with Crippen LogP contribution in [0.4, 0.5) is 0 Å². The third-order valence-electron chi connectivity index (χ3n) is 4.57. The zero-order valence-corrected chi connectivity index (χ0v) is 13.5. The van der Waals surface area contributed by atoms with Gasteiger partial charge in [-0.3, -0.25) is 4.90 Å². The summed E-state index contributed by atoms with van der Waals surface area (Å²) in [5, 5.41) is 3.54. The van der Waals surface area contributed by atoms with Crippen molar-refractivity contribution in [2.75, 3.05) is 33.4 Å². The Morgan fingerprint density at radius 2 is 1.85 bits per heavy atom. The molecule has 0 aromatic heterocycles. The predicted molar refractivity (Wildman–Crippen MR) is 84.2 cm³/mol. The summed E-state index contributed by atoms with van der Waals surface area (Å²) in [6.45, 7) is 12.7. The maximum Gasteiger partial charge on any atom is 0.0594 e. The number of hydrogen-bond acceptors (Lipinski definition) is 3. The average Bonchev–Trinajstić information content (AvgIpc) is 2.44. The maximum absolute atomic E-state index is 5.49. The molecule has 0 aliphatic carbocycles. The second-order valence-electron chi connectivity index (χ2n) is 6.33. The van der Waals surface area contributed by atoms with Crippen LogP contribution in [-0.4, -0.2) is 43.8 Å². The van der Waals surface area contributed by atoms with E-state index in [0.717, 1.165) is 26.3 Å². The van der Waals surface area contributed by atoms with E-state index in [4.69, 9.17) is 4.74 Å². The van der Waals surface area contributed by atoms with Crippen molar-refractivity contribution in [2.24, 2.45) is 0 Å². The van der Waals surface area contributed by atoms with Crippen molar-refractivity contribution < 1.29 is 4.74 Å². The Morgan fingerprint density at radius 1 is 1.20 bits per heavy atom. The molecule has 1 saturated heterocycles. The van der Waals surface area contributed by atoms with E-state index >= 15 is 0 Å². The molecule has 1 aliphatic heterocycles. The van der Waals surface area contributed by atoms with E-state index in [1.54, 1.807) is 0 Å². The molecule has 0 bridgehead atoms. The molecule has 0 spiro atoms. The number of nitrogens with zero attached hydrogens (tertiary/aromatic N) is 1. The van der Waals surface area contributed by atoms with E-state index in [1.807, 2.05) is 0 Å². The number of hydrogen-bond donors (Lipinski definition) is 1. The van der Waals surface area contributed by atoms with Gasteiger partial charge in [0.1, 0.15) is 0 Å². The SMILES string of the molecule is CNC(c1cc(C)ccc1C)C(C)(C)N1CCOCC1. The van der Waals surface area contributed by atoms with Crippen LogP contribution in [0, 0.1) is 13.8 Å². The molecule has 1 fully saturated rings. The number of rotatable bonds is 4. The van der Waals surface area contributed by atoms with Gasteiger partial charge in [0.05, 0.1) is 19.3 Å². The van der Waals surface area contributed by atoms with Crippen molar-refractivity contribution in [1.29, 1.82) is 0 Å². The first-order valence-electron chi connectivity index (χ1n) is 7.54. The lowest BCUT2D eigenvalue weighted by Gasteiger charge is -2.46. The van der Waals surface area contributed by atoms with Gasteiger partial charge >= 0.3 is 0 Å². The van der Waals surface area contributed by atoms with Crippen LogP contribution >= 0.6 is 0 Å². The van der Waals surface area contributed by atoms with E-state index in [1.165, 1.54) is 16.7 Å². The molecule has 0 amide bonds. The fourth-order valence-corrected chi connectivity index (χ4v) is 3.28. The Labute approximate surface area is 123 Å². The summed E-state index contributed by atoms with van der Waals surface area (Å²) in [5.41, 5.74) is 4.15. The van der Waals surface area contributed by atoms with Gasteiger partial charge in [0.15, 0.2) is 0 Å². The summed E-state index contributed by atoms with van der Waals surface area (Å²) in [6, 6.07) is 7.05. The van der Waals surface area contributed by atoms with Crippen molar-refractivity contribution >= 4 is 0 Å². The third-order valence-corrected chi connectivity index (χ3v) is 4.57. The molecule has 20 heavy (non-hydrogen) atoms. The molecule has 1 atom stereocenters. The number of morpholine rings is 1. The highest BCUT2D eigenvalue weighted by Crippen LogP contribution is 2.33. The lowest BCUT2D eigenvalue weighted by Crippen LogP contribution is -2.55. The Morgan fingerprint density at radius 3 is 2.45 bits per heavy atom. The van der Waals surface area contributed by atoms with Gasteiger partial charge in [-0.25, -0.2) is 0 Å². The summed E-state index contributed by atoms with van der Waals surface area (Å²) in [5.74, 6) is 0. The van der Waals surface area contributed by atoms with Gasteiger partial charge in [-0.2, -0.15) is 0 Å². The Kier molecular flexibility index (Phi) is 4.84. The van der Waals surface area contributed by atoms with Gasteiger partial charge < -0.3 is 10.1 Å². The van der Waals surface area contributed by atoms with Crippen molar-refractivity contribution in [1.82, 2.24) is 10.2 Å². The molecule has 1 aromatic rings. The molecule has 0 saturated carbocycles. The second-order valence-corrected chi connectivity index (χ2v) is 6.33. The quantitative estimate of drug-likeness (QED) is 0.915. The summed E-state index contributed by atoms with van der Waals surface area (Å²) in [7, 11) is 2.06. The van der Waals surface area contributed by atoms with E-state index in [9.17, 15) is 0 Å². The smallest absolute Gasteiger partial charge is 0.0594 e. The first kappa shape index (κ1) is 15.5. The van der Waals surface area contributed by atoms with Crippen LogP contribution in [0.2, 0.25) is 0 Å². The lowest BCUT2D eigenvalue weighted by molar-refractivity contribution is -0.0229. The number of ether oxygens (including phenoxy) is 1. The molecular formula is C17H28N2O. The van der Waals surface area contributed by atoms with Gasteiger partial charge in [0, 0.05) is 18.6 Å². The van der Waals surface area contributed by atoms with Crippen molar-refractivity contribution in [3.63, 3.8) is 0 Å². The number of benzene rings is 1. The number of aryl methyl sites for hydroxylation is 2. The van der Waals surface area contributed by atoms with E-state index in [0.29, 0.717) is 6.04 Å². The minimum atomic E-state index is 0.0666. The van der Waals surface area contributed by atoms with Crippen LogP contribution in [-0.2, 0) is 4.74 Å². The second kappa shape index (κ2) is 6.25. The summed E-state index contributed by atoms with van der Waals surface area (Å²) in [6.07, 6.45) is 0. The van der Waals surface area contributed by atoms with E-state index in [2.05, 4.69) is 63.2 Å². The van der Waals surface area contributed by atoms with Crippen molar-refractivity contribution in [2.45, 2.75) is 39.3 Å². The zero-order valence-electron chi connectivity index (χ0n) is 13.5. The Balaban J connectivity index is 2.32. The van der Waals surface area contributed by atoms with Crippen LogP contribution in [0.3, 0.4) is 0 Å². The van der Waals surface area contributed by atoms with Crippen molar-refractivity contribution in [3.05, 3.63) is 34.9 Å². The fourth-order valence-electron chi connectivity index (χ4n) is 3.28. The van der Waals surface area contributed by atoms with Gasteiger partial charge in [-0.15, -0.1) is 0 Å². The third kappa shape index (κ3) is 3.05. The molecule has 1 heterocycles. The van der Waals surface area contributed by atoms with Gasteiger partial charge in [0.25, 0.3) is 0 Å². The van der Waals surface area contributed by atoms with Gasteiger partial charge in [0.2, 0.25) is 0 Å². The fraction of sp³-hybridized carbons (Fsp3) is 0.647. The van der Waals surface area contributed by atoms with E-state index < -0.39 is 0 Å². The summed E-state index contributed by atoms with van der Waals surface area (Å²) in [4.78, 5) is 2.54. The number of likely N-dealkylation sites (N-methyl/N-ethyl adjacent to an activating group) is 1. The Hall–Kier alpha value is -0.900. The average molecular weight is 276 g/mol. The summed E-state index contributed by atoms with van der Waals surface area (Å²) < 4.78 is 5.49. The van der Waals surface area contributed by atoms with Crippen molar-refractivity contribution in [3.8, 4) is 0 Å². The maximum atomic E-state index is 5.49. The van der Waals surface area contributed by atoms with Gasteiger partial charge in [-0.1, -0.05) is 23.8 Å². The van der Waals surface area contributed by atoms with Crippen LogP contribution in [0.15, 0.2) is 18.2 Å². The normalized spacial score (nSPS) is 19.1. The topological polar surface area (TPSA) is 24.5 Å².